The third-order valence-electron chi connectivity index (χ3n) is 2.57. The van der Waals surface area contributed by atoms with Crippen LogP contribution in [-0.4, -0.2) is 18.8 Å². The number of rotatable bonds is 4. The van der Waals surface area contributed by atoms with E-state index in [1.165, 1.54) is 10.8 Å². The summed E-state index contributed by atoms with van der Waals surface area (Å²) >= 11 is 0. The second-order valence-corrected chi connectivity index (χ2v) is 3.74. The summed E-state index contributed by atoms with van der Waals surface area (Å²) in [7, 11) is 0. The van der Waals surface area contributed by atoms with Crippen molar-refractivity contribution < 1.29 is 9.53 Å². The topological polar surface area (TPSA) is 50.2 Å². The molecule has 0 heterocycles. The van der Waals surface area contributed by atoms with Gasteiger partial charge in [0.25, 0.3) is 0 Å². The third kappa shape index (κ3) is 2.91. The minimum Gasteiger partial charge on any atom is -0.461 e. The van der Waals surface area contributed by atoms with Gasteiger partial charge in [-0.2, -0.15) is 0 Å². The first-order valence-electron chi connectivity index (χ1n) is 5.44. The summed E-state index contributed by atoms with van der Waals surface area (Å²) in [6.07, 6.45) is 1.35. The highest BCUT2D eigenvalue weighted by atomic mass is 16.5. The lowest BCUT2D eigenvalue weighted by Gasteiger charge is -2.04. The molecule has 2 rings (SSSR count). The maximum atomic E-state index is 10.7. The zero-order valence-corrected chi connectivity index (χ0v) is 9.35. The standard InChI is InChI=1S/C14H13NO2/c15-10-14(16)17-8-7-11-5-6-12-3-1-2-4-13(12)9-11/h1-6,9-10,15H,7-8H2. The van der Waals surface area contributed by atoms with Gasteiger partial charge in [-0.25, -0.2) is 4.79 Å². The minimum absolute atomic E-state index is 0.312. The van der Waals surface area contributed by atoms with Crippen molar-refractivity contribution in [2.45, 2.75) is 6.42 Å². The Labute approximate surface area is 99.5 Å². The molecule has 0 spiro atoms. The summed E-state index contributed by atoms with van der Waals surface area (Å²) < 4.78 is 4.83. The summed E-state index contributed by atoms with van der Waals surface area (Å²) in [5, 5.41) is 9.09. The van der Waals surface area contributed by atoms with E-state index in [0.717, 1.165) is 5.56 Å². The molecule has 0 aliphatic carbocycles. The lowest BCUT2D eigenvalue weighted by Crippen LogP contribution is -2.07. The van der Waals surface area contributed by atoms with Crippen molar-refractivity contribution in [1.29, 1.82) is 5.41 Å². The minimum atomic E-state index is -0.592. The van der Waals surface area contributed by atoms with Crippen molar-refractivity contribution in [3.63, 3.8) is 0 Å². The van der Waals surface area contributed by atoms with Gasteiger partial charge in [0.2, 0.25) is 0 Å². The lowest BCUT2D eigenvalue weighted by molar-refractivity contribution is -0.134. The van der Waals surface area contributed by atoms with Crippen LogP contribution in [0.5, 0.6) is 0 Å². The molecule has 3 nitrogen and oxygen atoms in total. The molecule has 0 atom stereocenters. The van der Waals surface area contributed by atoms with Gasteiger partial charge in [-0.3, -0.25) is 0 Å². The number of nitrogens with one attached hydrogen (secondary N) is 1. The van der Waals surface area contributed by atoms with Crippen LogP contribution < -0.4 is 0 Å². The number of esters is 1. The maximum Gasteiger partial charge on any atom is 0.348 e. The van der Waals surface area contributed by atoms with Crippen LogP contribution in [0.1, 0.15) is 5.56 Å². The Hall–Kier alpha value is -2.16. The second kappa shape index (κ2) is 5.25. The van der Waals surface area contributed by atoms with Gasteiger partial charge in [-0.05, 0) is 16.3 Å². The fourth-order valence-corrected chi connectivity index (χ4v) is 1.71. The molecule has 1 N–H and O–H groups in total. The zero-order valence-electron chi connectivity index (χ0n) is 9.35. The molecular weight excluding hydrogens is 214 g/mol. The van der Waals surface area contributed by atoms with Crippen molar-refractivity contribution >= 4 is 23.0 Å². The number of benzene rings is 2. The van der Waals surface area contributed by atoms with Gasteiger partial charge in [0, 0.05) is 6.42 Å². The van der Waals surface area contributed by atoms with E-state index in [-0.39, 0.29) is 0 Å². The SMILES string of the molecule is N=CC(=O)OCCc1ccc2ccccc2c1. The average Bonchev–Trinajstić information content (AvgIpc) is 2.38. The molecule has 0 bridgehead atoms. The molecule has 0 aliphatic heterocycles. The molecule has 0 unspecified atom stereocenters. The van der Waals surface area contributed by atoms with Crippen molar-refractivity contribution in [2.75, 3.05) is 6.61 Å². The van der Waals surface area contributed by atoms with Gasteiger partial charge in [0.15, 0.2) is 0 Å². The molecule has 0 saturated carbocycles. The first-order valence-corrected chi connectivity index (χ1v) is 5.44. The fraction of sp³-hybridized carbons (Fsp3) is 0.143. The fourth-order valence-electron chi connectivity index (χ4n) is 1.71. The number of carbonyl (C=O) groups is 1. The predicted molar refractivity (Wildman–Crippen MR) is 67.4 cm³/mol. The van der Waals surface area contributed by atoms with Crippen molar-refractivity contribution in [1.82, 2.24) is 0 Å². The Morgan fingerprint density at radius 2 is 1.94 bits per heavy atom. The van der Waals surface area contributed by atoms with E-state index in [9.17, 15) is 4.79 Å². The number of carbonyl (C=O) groups excluding carboxylic acids is 1. The van der Waals surface area contributed by atoms with Crippen LogP contribution in [0.3, 0.4) is 0 Å². The normalized spacial score (nSPS) is 10.1. The number of ether oxygens (including phenoxy) is 1. The van der Waals surface area contributed by atoms with E-state index in [0.29, 0.717) is 19.2 Å². The van der Waals surface area contributed by atoms with Gasteiger partial charge < -0.3 is 10.1 Å². The van der Waals surface area contributed by atoms with Crippen LogP contribution in [0.4, 0.5) is 0 Å². The van der Waals surface area contributed by atoms with Crippen LogP contribution >= 0.6 is 0 Å². The highest BCUT2D eigenvalue weighted by Gasteiger charge is 1.99. The quantitative estimate of drug-likeness (QED) is 0.644. The van der Waals surface area contributed by atoms with Crippen LogP contribution in [0.15, 0.2) is 42.5 Å². The van der Waals surface area contributed by atoms with Crippen molar-refractivity contribution in [2.24, 2.45) is 0 Å². The lowest BCUT2D eigenvalue weighted by atomic mass is 10.1. The van der Waals surface area contributed by atoms with Crippen LogP contribution in [0.25, 0.3) is 10.8 Å². The molecule has 2 aromatic rings. The monoisotopic (exact) mass is 227 g/mol. The molecule has 0 fully saturated rings. The van der Waals surface area contributed by atoms with Crippen molar-refractivity contribution in [3.8, 4) is 0 Å². The van der Waals surface area contributed by atoms with Gasteiger partial charge >= 0.3 is 5.97 Å². The first kappa shape index (κ1) is 11.3. The molecule has 17 heavy (non-hydrogen) atoms. The largest absolute Gasteiger partial charge is 0.461 e. The van der Waals surface area contributed by atoms with E-state index in [2.05, 4.69) is 24.3 Å². The third-order valence-corrected chi connectivity index (χ3v) is 2.57. The Morgan fingerprint density at radius 1 is 1.18 bits per heavy atom. The van der Waals surface area contributed by atoms with Crippen LogP contribution in [-0.2, 0) is 16.0 Å². The van der Waals surface area contributed by atoms with Gasteiger partial charge in [0.05, 0.1) is 6.61 Å². The van der Waals surface area contributed by atoms with Crippen LogP contribution in [0.2, 0.25) is 0 Å². The van der Waals surface area contributed by atoms with E-state index >= 15 is 0 Å². The summed E-state index contributed by atoms with van der Waals surface area (Å²) in [6.45, 7) is 0.312. The Bertz CT molecular complexity index is 549. The molecule has 2 aromatic carbocycles. The van der Waals surface area contributed by atoms with Crippen molar-refractivity contribution in [3.05, 3.63) is 48.0 Å². The summed E-state index contributed by atoms with van der Waals surface area (Å²) in [4.78, 5) is 10.7. The number of hydrogen-bond donors (Lipinski definition) is 1. The Morgan fingerprint density at radius 3 is 2.71 bits per heavy atom. The van der Waals surface area contributed by atoms with E-state index in [1.807, 2.05) is 18.2 Å². The number of fused-ring (bicyclic) bond motifs is 1. The van der Waals surface area contributed by atoms with E-state index in [4.69, 9.17) is 10.1 Å². The molecule has 0 radical (unpaired) electrons. The summed E-state index contributed by atoms with van der Waals surface area (Å²) in [5.41, 5.74) is 1.13. The molecule has 0 saturated heterocycles. The van der Waals surface area contributed by atoms with Crippen LogP contribution in [0, 0.1) is 5.41 Å². The maximum absolute atomic E-state index is 10.7. The van der Waals surface area contributed by atoms with Gasteiger partial charge in [-0.15, -0.1) is 0 Å². The summed E-state index contributed by atoms with van der Waals surface area (Å²) in [5.74, 6) is -0.592. The predicted octanol–water partition coefficient (Wildman–Crippen LogP) is 2.58. The summed E-state index contributed by atoms with van der Waals surface area (Å²) in [6, 6.07) is 14.3. The number of hydrogen-bond acceptors (Lipinski definition) is 3. The average molecular weight is 227 g/mol. The highest BCUT2D eigenvalue weighted by Crippen LogP contribution is 2.15. The van der Waals surface area contributed by atoms with Gasteiger partial charge in [0.1, 0.15) is 6.21 Å². The molecule has 3 heteroatoms. The van der Waals surface area contributed by atoms with E-state index in [1.54, 1.807) is 0 Å². The molecule has 0 aliphatic rings. The second-order valence-electron chi connectivity index (χ2n) is 3.74. The van der Waals surface area contributed by atoms with Gasteiger partial charge in [-0.1, -0.05) is 42.5 Å². The Kier molecular flexibility index (Phi) is 3.50. The molecular formula is C14H13NO2. The molecule has 86 valence electrons. The van der Waals surface area contributed by atoms with E-state index < -0.39 is 5.97 Å². The highest BCUT2D eigenvalue weighted by molar-refractivity contribution is 6.21. The smallest absolute Gasteiger partial charge is 0.348 e. The zero-order chi connectivity index (χ0) is 12.1. The molecule has 0 amide bonds. The Balaban J connectivity index is 2.04. The first-order chi connectivity index (χ1) is 8.29. The molecule has 0 aromatic heterocycles.